The van der Waals surface area contributed by atoms with Crippen molar-refractivity contribution in [2.75, 3.05) is 0 Å². The van der Waals surface area contributed by atoms with E-state index in [-0.39, 0.29) is 0 Å². The summed E-state index contributed by atoms with van der Waals surface area (Å²) in [7, 11) is 2.10. The Balaban J connectivity index is 1.80. The van der Waals surface area contributed by atoms with Gasteiger partial charge in [0.1, 0.15) is 5.82 Å². The number of rotatable bonds is 4. The molecular formula is C15H21N3. The standard InChI is InChI=1S/C15H21N3/c1-10-4-7-14-13(8-10)17-15(18(14)3)9-16-11(2)12-5-6-12/h4,7-8,11-12,16H,5-6,9H2,1-3H3. The third-order valence-electron chi connectivity index (χ3n) is 4.04. The fourth-order valence-electron chi connectivity index (χ4n) is 2.53. The molecule has 0 saturated heterocycles. The zero-order chi connectivity index (χ0) is 12.7. The monoisotopic (exact) mass is 243 g/mol. The average Bonchev–Trinajstić information content (AvgIpc) is 3.13. The summed E-state index contributed by atoms with van der Waals surface area (Å²) < 4.78 is 2.20. The second-order valence-electron chi connectivity index (χ2n) is 5.59. The van der Waals surface area contributed by atoms with Crippen LogP contribution in [0.3, 0.4) is 0 Å². The van der Waals surface area contributed by atoms with Crippen molar-refractivity contribution in [3.63, 3.8) is 0 Å². The van der Waals surface area contributed by atoms with E-state index in [1.807, 2.05) is 0 Å². The molecular weight excluding hydrogens is 222 g/mol. The summed E-state index contributed by atoms with van der Waals surface area (Å²) in [5.41, 5.74) is 3.59. The number of benzene rings is 1. The molecule has 2 aromatic rings. The van der Waals surface area contributed by atoms with Crippen LogP contribution in [0.25, 0.3) is 11.0 Å². The molecule has 1 N–H and O–H groups in total. The van der Waals surface area contributed by atoms with Gasteiger partial charge in [-0.1, -0.05) is 6.07 Å². The quantitative estimate of drug-likeness (QED) is 0.895. The number of nitrogens with one attached hydrogen (secondary N) is 1. The first kappa shape index (κ1) is 11.7. The molecule has 0 spiro atoms. The highest BCUT2D eigenvalue weighted by Crippen LogP contribution is 2.32. The zero-order valence-electron chi connectivity index (χ0n) is 11.4. The molecule has 1 unspecified atom stereocenters. The van der Waals surface area contributed by atoms with E-state index in [4.69, 9.17) is 4.98 Å². The Bertz CT molecular complexity index is 566. The summed E-state index contributed by atoms with van der Waals surface area (Å²) in [6, 6.07) is 7.08. The Morgan fingerprint density at radius 2 is 2.22 bits per heavy atom. The molecule has 0 bridgehead atoms. The first-order valence-electron chi connectivity index (χ1n) is 6.80. The summed E-state index contributed by atoms with van der Waals surface area (Å²) in [6.45, 7) is 5.26. The van der Waals surface area contributed by atoms with Crippen LogP contribution < -0.4 is 5.32 Å². The van der Waals surface area contributed by atoms with Crippen molar-refractivity contribution >= 4 is 11.0 Å². The van der Waals surface area contributed by atoms with E-state index in [9.17, 15) is 0 Å². The minimum atomic E-state index is 0.617. The molecule has 1 aromatic carbocycles. The average molecular weight is 243 g/mol. The second-order valence-corrected chi connectivity index (χ2v) is 5.59. The van der Waals surface area contributed by atoms with E-state index >= 15 is 0 Å². The van der Waals surface area contributed by atoms with Crippen molar-refractivity contribution in [1.82, 2.24) is 14.9 Å². The minimum Gasteiger partial charge on any atom is -0.330 e. The van der Waals surface area contributed by atoms with Gasteiger partial charge in [-0.15, -0.1) is 0 Å². The molecule has 1 aliphatic carbocycles. The highest BCUT2D eigenvalue weighted by Gasteiger charge is 2.27. The van der Waals surface area contributed by atoms with Gasteiger partial charge in [-0.05, 0) is 50.3 Å². The molecule has 1 aliphatic rings. The van der Waals surface area contributed by atoms with E-state index in [2.05, 4.69) is 49.0 Å². The number of hydrogen-bond acceptors (Lipinski definition) is 2. The summed E-state index contributed by atoms with van der Waals surface area (Å²) in [4.78, 5) is 4.73. The third kappa shape index (κ3) is 2.15. The topological polar surface area (TPSA) is 29.9 Å². The van der Waals surface area contributed by atoms with Gasteiger partial charge in [0, 0.05) is 13.1 Å². The molecule has 3 rings (SSSR count). The molecule has 1 saturated carbocycles. The maximum Gasteiger partial charge on any atom is 0.123 e. The molecule has 1 aromatic heterocycles. The fraction of sp³-hybridized carbons (Fsp3) is 0.533. The van der Waals surface area contributed by atoms with Gasteiger partial charge < -0.3 is 9.88 Å². The van der Waals surface area contributed by atoms with E-state index in [0.29, 0.717) is 6.04 Å². The van der Waals surface area contributed by atoms with Gasteiger partial charge in [-0.3, -0.25) is 0 Å². The highest BCUT2D eigenvalue weighted by molar-refractivity contribution is 5.76. The van der Waals surface area contributed by atoms with Crippen molar-refractivity contribution in [2.45, 2.75) is 39.3 Å². The summed E-state index contributed by atoms with van der Waals surface area (Å²) in [5, 5.41) is 3.59. The normalized spacial score (nSPS) is 17.3. The Labute approximate surface area is 108 Å². The molecule has 1 fully saturated rings. The van der Waals surface area contributed by atoms with Crippen molar-refractivity contribution in [1.29, 1.82) is 0 Å². The summed E-state index contributed by atoms with van der Waals surface area (Å²) >= 11 is 0. The Morgan fingerprint density at radius 3 is 2.94 bits per heavy atom. The smallest absolute Gasteiger partial charge is 0.123 e. The van der Waals surface area contributed by atoms with Crippen LogP contribution >= 0.6 is 0 Å². The summed E-state index contributed by atoms with van der Waals surface area (Å²) in [5.74, 6) is 2.02. The van der Waals surface area contributed by atoms with Gasteiger partial charge >= 0.3 is 0 Å². The lowest BCUT2D eigenvalue weighted by molar-refractivity contribution is 0.483. The van der Waals surface area contributed by atoms with E-state index in [1.165, 1.54) is 23.9 Å². The predicted molar refractivity (Wildman–Crippen MR) is 74.5 cm³/mol. The lowest BCUT2D eigenvalue weighted by Crippen LogP contribution is -2.28. The SMILES string of the molecule is Cc1ccc2c(c1)nc(CNC(C)C1CC1)n2C. The molecule has 1 atom stereocenters. The number of fused-ring (bicyclic) bond motifs is 1. The van der Waals surface area contributed by atoms with Crippen LogP contribution in [0.2, 0.25) is 0 Å². The fourth-order valence-corrected chi connectivity index (χ4v) is 2.53. The van der Waals surface area contributed by atoms with E-state index in [1.54, 1.807) is 0 Å². The summed E-state index contributed by atoms with van der Waals surface area (Å²) in [6.07, 6.45) is 2.77. The van der Waals surface area contributed by atoms with Crippen LogP contribution in [0.5, 0.6) is 0 Å². The first-order valence-corrected chi connectivity index (χ1v) is 6.80. The molecule has 1 heterocycles. The number of hydrogen-bond donors (Lipinski definition) is 1. The lowest BCUT2D eigenvalue weighted by Gasteiger charge is -2.12. The van der Waals surface area contributed by atoms with Crippen molar-refractivity contribution in [3.05, 3.63) is 29.6 Å². The van der Waals surface area contributed by atoms with Crippen LogP contribution in [0.15, 0.2) is 18.2 Å². The maximum atomic E-state index is 4.73. The van der Waals surface area contributed by atoms with E-state index in [0.717, 1.165) is 23.8 Å². The predicted octanol–water partition coefficient (Wildman–Crippen LogP) is 2.77. The lowest BCUT2D eigenvalue weighted by atomic mass is 10.2. The van der Waals surface area contributed by atoms with Crippen molar-refractivity contribution in [2.24, 2.45) is 13.0 Å². The molecule has 0 amide bonds. The third-order valence-corrected chi connectivity index (χ3v) is 4.04. The zero-order valence-corrected chi connectivity index (χ0v) is 11.4. The van der Waals surface area contributed by atoms with Crippen LogP contribution in [-0.2, 0) is 13.6 Å². The van der Waals surface area contributed by atoms with Gasteiger partial charge in [-0.25, -0.2) is 4.98 Å². The Hall–Kier alpha value is -1.35. The maximum absolute atomic E-state index is 4.73. The second kappa shape index (κ2) is 4.39. The molecule has 96 valence electrons. The molecule has 3 nitrogen and oxygen atoms in total. The molecule has 0 radical (unpaired) electrons. The number of nitrogens with zero attached hydrogens (tertiary/aromatic N) is 2. The number of aryl methyl sites for hydroxylation is 2. The number of aromatic nitrogens is 2. The van der Waals surface area contributed by atoms with Gasteiger partial charge in [-0.2, -0.15) is 0 Å². The Morgan fingerprint density at radius 1 is 1.44 bits per heavy atom. The number of imidazole rings is 1. The van der Waals surface area contributed by atoms with Crippen LogP contribution in [0.4, 0.5) is 0 Å². The van der Waals surface area contributed by atoms with Crippen LogP contribution in [0, 0.1) is 12.8 Å². The van der Waals surface area contributed by atoms with Gasteiger partial charge in [0.2, 0.25) is 0 Å². The van der Waals surface area contributed by atoms with Crippen molar-refractivity contribution in [3.8, 4) is 0 Å². The highest BCUT2D eigenvalue weighted by atomic mass is 15.1. The van der Waals surface area contributed by atoms with Gasteiger partial charge in [0.15, 0.2) is 0 Å². The van der Waals surface area contributed by atoms with E-state index < -0.39 is 0 Å². The minimum absolute atomic E-state index is 0.617. The van der Waals surface area contributed by atoms with Gasteiger partial charge in [0.05, 0.1) is 17.6 Å². The molecule has 3 heteroatoms. The first-order chi connectivity index (χ1) is 8.65. The van der Waals surface area contributed by atoms with Crippen LogP contribution in [-0.4, -0.2) is 15.6 Å². The van der Waals surface area contributed by atoms with Crippen molar-refractivity contribution < 1.29 is 0 Å². The van der Waals surface area contributed by atoms with Crippen LogP contribution in [0.1, 0.15) is 31.2 Å². The van der Waals surface area contributed by atoms with Gasteiger partial charge in [0.25, 0.3) is 0 Å². The Kier molecular flexibility index (Phi) is 2.86. The largest absolute Gasteiger partial charge is 0.330 e. The molecule has 0 aliphatic heterocycles. The molecule has 18 heavy (non-hydrogen) atoms.